The number of rotatable bonds is 4. The number of hydrogen-bond acceptors (Lipinski definition) is 2. The van der Waals surface area contributed by atoms with Crippen molar-refractivity contribution in [1.82, 2.24) is 10.2 Å². The van der Waals surface area contributed by atoms with Gasteiger partial charge in [-0.25, -0.2) is 4.79 Å². The van der Waals surface area contributed by atoms with Crippen molar-refractivity contribution in [1.29, 1.82) is 0 Å². The Morgan fingerprint density at radius 3 is 2.57 bits per heavy atom. The van der Waals surface area contributed by atoms with E-state index in [2.05, 4.69) is 39.1 Å². The molecule has 1 heterocycles. The number of carbonyl (C=O) groups excluding carboxylic acids is 1. The van der Waals surface area contributed by atoms with E-state index >= 15 is 0 Å². The molecule has 0 saturated carbocycles. The molecule has 4 heteroatoms. The molecule has 0 bridgehead atoms. The molecule has 21 heavy (non-hydrogen) atoms. The Hall–Kier alpha value is -1.55. The van der Waals surface area contributed by atoms with Gasteiger partial charge in [-0.3, -0.25) is 4.90 Å². The summed E-state index contributed by atoms with van der Waals surface area (Å²) in [5.41, 5.74) is 2.36. The van der Waals surface area contributed by atoms with E-state index in [0.717, 1.165) is 12.2 Å². The summed E-state index contributed by atoms with van der Waals surface area (Å²) >= 11 is 0. The van der Waals surface area contributed by atoms with Gasteiger partial charge in [-0.2, -0.15) is 0 Å². The van der Waals surface area contributed by atoms with E-state index in [1.165, 1.54) is 5.56 Å². The smallest absolute Gasteiger partial charge is 0.323 e. The largest absolute Gasteiger partial charge is 0.324 e. The highest BCUT2D eigenvalue weighted by Gasteiger charge is 2.33. The van der Waals surface area contributed by atoms with Crippen LogP contribution in [0.3, 0.4) is 0 Å². The summed E-state index contributed by atoms with van der Waals surface area (Å²) in [5, 5.41) is 3.52. The van der Waals surface area contributed by atoms with Crippen LogP contribution in [-0.4, -0.2) is 37.1 Å². The molecular formula is C17H27N3O. The fraction of sp³-hybridized carbons (Fsp3) is 0.588. The van der Waals surface area contributed by atoms with Gasteiger partial charge in [0.2, 0.25) is 0 Å². The Kier molecular flexibility index (Phi) is 4.57. The van der Waals surface area contributed by atoms with Crippen molar-refractivity contribution < 1.29 is 4.79 Å². The van der Waals surface area contributed by atoms with Crippen molar-refractivity contribution in [3.63, 3.8) is 0 Å². The van der Waals surface area contributed by atoms with Gasteiger partial charge in [0, 0.05) is 26.2 Å². The number of benzene rings is 1. The van der Waals surface area contributed by atoms with E-state index in [9.17, 15) is 4.79 Å². The fourth-order valence-corrected chi connectivity index (χ4v) is 2.79. The second-order valence-electron chi connectivity index (χ2n) is 6.85. The summed E-state index contributed by atoms with van der Waals surface area (Å²) in [6.45, 7) is 11.0. The molecule has 0 aromatic heterocycles. The van der Waals surface area contributed by atoms with Gasteiger partial charge >= 0.3 is 6.03 Å². The van der Waals surface area contributed by atoms with Gasteiger partial charge in [0.25, 0.3) is 0 Å². The first-order chi connectivity index (χ1) is 9.84. The lowest BCUT2D eigenvalue weighted by molar-refractivity contribution is 0.204. The van der Waals surface area contributed by atoms with Gasteiger partial charge in [-0.1, -0.05) is 45.9 Å². The number of amides is 2. The first-order valence-electron chi connectivity index (χ1n) is 7.68. The number of hydrogen-bond donors (Lipinski definition) is 1. The van der Waals surface area contributed by atoms with Crippen LogP contribution in [-0.2, 0) is 6.54 Å². The Bertz CT molecular complexity index is 507. The zero-order valence-electron chi connectivity index (χ0n) is 13.8. The number of nitrogens with zero attached hydrogens (tertiary/aromatic N) is 2. The summed E-state index contributed by atoms with van der Waals surface area (Å²) in [7, 11) is 1.87. The Morgan fingerprint density at radius 2 is 1.95 bits per heavy atom. The van der Waals surface area contributed by atoms with Gasteiger partial charge < -0.3 is 10.2 Å². The zero-order chi connectivity index (χ0) is 15.6. The van der Waals surface area contributed by atoms with E-state index in [-0.39, 0.29) is 17.5 Å². The third kappa shape index (κ3) is 3.38. The van der Waals surface area contributed by atoms with Crippen molar-refractivity contribution >= 4 is 11.7 Å². The second kappa shape index (κ2) is 6.06. The third-order valence-electron chi connectivity index (χ3n) is 4.11. The predicted molar refractivity (Wildman–Crippen MR) is 87.6 cm³/mol. The molecule has 2 rings (SSSR count). The maximum atomic E-state index is 12.6. The lowest BCUT2D eigenvalue weighted by Gasteiger charge is -2.40. The summed E-state index contributed by atoms with van der Waals surface area (Å²) < 4.78 is 0. The normalized spacial score (nSPS) is 16.9. The number of carbonyl (C=O) groups is 1. The Balaban J connectivity index is 2.30. The molecule has 1 unspecified atom stereocenters. The number of urea groups is 1. The van der Waals surface area contributed by atoms with Crippen LogP contribution in [0.25, 0.3) is 0 Å². The molecular weight excluding hydrogens is 262 g/mol. The van der Waals surface area contributed by atoms with Crippen molar-refractivity contribution in [3.05, 3.63) is 29.8 Å². The number of nitrogens with one attached hydrogen (secondary N) is 1. The summed E-state index contributed by atoms with van der Waals surface area (Å²) in [5.74, 6) is 0. The van der Waals surface area contributed by atoms with Gasteiger partial charge in [-0.05, 0) is 23.6 Å². The van der Waals surface area contributed by atoms with Crippen LogP contribution < -0.4 is 10.2 Å². The topological polar surface area (TPSA) is 35.6 Å². The molecule has 1 aliphatic rings. The first-order valence-corrected chi connectivity index (χ1v) is 7.68. The van der Waals surface area contributed by atoms with Gasteiger partial charge in [0.05, 0.1) is 5.69 Å². The highest BCUT2D eigenvalue weighted by Crippen LogP contribution is 2.30. The molecule has 1 atom stereocenters. The minimum atomic E-state index is 0.0841. The molecule has 1 aromatic rings. The molecule has 4 nitrogen and oxygen atoms in total. The molecule has 0 saturated heterocycles. The van der Waals surface area contributed by atoms with Crippen molar-refractivity contribution in [2.75, 3.05) is 25.0 Å². The standard InChI is InChI=1S/C17H27N3O/c1-6-18-15(17(2,3)4)12-20-14-10-8-7-9-13(14)11-19(5)16(20)21/h7-10,15,18H,6,11-12H2,1-5H3. The number of anilines is 1. The van der Waals surface area contributed by atoms with E-state index < -0.39 is 0 Å². The molecule has 0 spiro atoms. The number of likely N-dealkylation sites (N-methyl/N-ethyl adjacent to an activating group) is 1. The van der Waals surface area contributed by atoms with Crippen LogP contribution in [0.4, 0.5) is 10.5 Å². The van der Waals surface area contributed by atoms with Crippen LogP contribution in [0.2, 0.25) is 0 Å². The van der Waals surface area contributed by atoms with Gasteiger partial charge in [0.15, 0.2) is 0 Å². The summed E-state index contributed by atoms with van der Waals surface area (Å²) in [6, 6.07) is 8.53. The quantitative estimate of drug-likeness (QED) is 0.924. The molecule has 1 N–H and O–H groups in total. The van der Waals surface area contributed by atoms with E-state index in [0.29, 0.717) is 13.1 Å². The maximum absolute atomic E-state index is 12.6. The van der Waals surface area contributed by atoms with Crippen LogP contribution >= 0.6 is 0 Å². The van der Waals surface area contributed by atoms with E-state index in [1.54, 1.807) is 4.90 Å². The highest BCUT2D eigenvalue weighted by atomic mass is 16.2. The highest BCUT2D eigenvalue weighted by molar-refractivity contribution is 5.94. The average Bonchev–Trinajstić information content (AvgIpc) is 2.41. The minimum Gasteiger partial charge on any atom is -0.323 e. The molecule has 0 radical (unpaired) electrons. The maximum Gasteiger partial charge on any atom is 0.324 e. The van der Waals surface area contributed by atoms with Gasteiger partial charge in [-0.15, -0.1) is 0 Å². The van der Waals surface area contributed by atoms with E-state index in [1.807, 2.05) is 30.1 Å². The first kappa shape index (κ1) is 15.8. The summed E-state index contributed by atoms with van der Waals surface area (Å²) in [6.07, 6.45) is 0. The third-order valence-corrected chi connectivity index (χ3v) is 4.11. The zero-order valence-corrected chi connectivity index (χ0v) is 13.8. The summed E-state index contributed by atoms with van der Waals surface area (Å²) in [4.78, 5) is 16.3. The number of para-hydroxylation sites is 1. The molecule has 2 amide bonds. The predicted octanol–water partition coefficient (Wildman–Crippen LogP) is 3.08. The molecule has 0 aliphatic carbocycles. The van der Waals surface area contributed by atoms with E-state index in [4.69, 9.17) is 0 Å². The van der Waals surface area contributed by atoms with Crippen LogP contribution in [0, 0.1) is 5.41 Å². The lowest BCUT2D eigenvalue weighted by atomic mass is 9.86. The van der Waals surface area contributed by atoms with Crippen molar-refractivity contribution in [3.8, 4) is 0 Å². The minimum absolute atomic E-state index is 0.0841. The van der Waals surface area contributed by atoms with Crippen LogP contribution in [0.5, 0.6) is 0 Å². The fourth-order valence-electron chi connectivity index (χ4n) is 2.79. The Morgan fingerprint density at radius 1 is 1.29 bits per heavy atom. The van der Waals surface area contributed by atoms with Gasteiger partial charge in [0.1, 0.15) is 0 Å². The van der Waals surface area contributed by atoms with Crippen LogP contribution in [0.15, 0.2) is 24.3 Å². The van der Waals surface area contributed by atoms with Crippen molar-refractivity contribution in [2.24, 2.45) is 5.41 Å². The molecule has 116 valence electrons. The number of fused-ring (bicyclic) bond motifs is 1. The molecule has 1 aliphatic heterocycles. The Labute approximate surface area is 128 Å². The van der Waals surface area contributed by atoms with Crippen LogP contribution in [0.1, 0.15) is 33.3 Å². The lowest BCUT2D eigenvalue weighted by Crippen LogP contribution is -2.54. The molecule has 1 aromatic carbocycles. The monoisotopic (exact) mass is 289 g/mol. The SMILES string of the molecule is CCNC(CN1C(=O)N(C)Cc2ccccc21)C(C)(C)C. The molecule has 0 fully saturated rings. The average molecular weight is 289 g/mol. The van der Waals surface area contributed by atoms with Crippen molar-refractivity contribution in [2.45, 2.75) is 40.3 Å². The second-order valence-corrected chi connectivity index (χ2v) is 6.85.